The number of nitrogens with zero attached hydrogens (tertiary/aromatic N) is 3. The third kappa shape index (κ3) is 3.07. The van der Waals surface area contributed by atoms with Gasteiger partial charge in [0.15, 0.2) is 0 Å². The quantitative estimate of drug-likeness (QED) is 0.910. The fraction of sp³-hybridized carbons (Fsp3) is 0.500. The van der Waals surface area contributed by atoms with Crippen LogP contribution in [0.1, 0.15) is 43.4 Å². The molecule has 0 saturated carbocycles. The zero-order valence-electron chi connectivity index (χ0n) is 13.1. The van der Waals surface area contributed by atoms with Crippen molar-refractivity contribution in [1.82, 2.24) is 19.9 Å². The van der Waals surface area contributed by atoms with Crippen molar-refractivity contribution >= 4 is 0 Å². The summed E-state index contributed by atoms with van der Waals surface area (Å²) in [5.41, 5.74) is 3.56. The van der Waals surface area contributed by atoms with Gasteiger partial charge in [-0.25, -0.2) is 9.97 Å². The third-order valence-corrected chi connectivity index (χ3v) is 3.40. The van der Waals surface area contributed by atoms with Gasteiger partial charge in [-0.05, 0) is 25.5 Å². The highest BCUT2D eigenvalue weighted by Crippen LogP contribution is 2.19. The number of pyridine rings is 1. The van der Waals surface area contributed by atoms with Crippen LogP contribution in [0.5, 0.6) is 0 Å². The van der Waals surface area contributed by atoms with Gasteiger partial charge in [-0.2, -0.15) is 0 Å². The summed E-state index contributed by atoms with van der Waals surface area (Å²) < 4.78 is 2.11. The summed E-state index contributed by atoms with van der Waals surface area (Å²) in [6.07, 6.45) is 4.75. The highest BCUT2D eigenvalue weighted by atomic mass is 15.1. The molecule has 0 bridgehead atoms. The van der Waals surface area contributed by atoms with Gasteiger partial charge in [-0.3, -0.25) is 4.57 Å². The summed E-state index contributed by atoms with van der Waals surface area (Å²) in [5.74, 6) is 2.05. The third-order valence-electron chi connectivity index (χ3n) is 3.40. The predicted octanol–water partition coefficient (Wildman–Crippen LogP) is 2.94. The number of rotatable bonds is 5. The number of aryl methyl sites for hydroxylation is 3. The van der Waals surface area contributed by atoms with E-state index in [1.807, 2.05) is 19.3 Å². The lowest BCUT2D eigenvalue weighted by atomic mass is 10.1. The van der Waals surface area contributed by atoms with Gasteiger partial charge in [0.05, 0.1) is 0 Å². The molecule has 0 aliphatic rings. The molecule has 0 aromatic carbocycles. The van der Waals surface area contributed by atoms with Gasteiger partial charge in [0, 0.05) is 42.7 Å². The first-order chi connectivity index (χ1) is 9.52. The Labute approximate surface area is 121 Å². The Bertz CT molecular complexity index is 584. The molecular formula is C16H24N4. The van der Waals surface area contributed by atoms with Crippen LogP contribution in [0.15, 0.2) is 18.5 Å². The molecule has 1 N–H and O–H groups in total. The fourth-order valence-electron chi connectivity index (χ4n) is 2.36. The topological polar surface area (TPSA) is 42.7 Å². The van der Waals surface area contributed by atoms with Gasteiger partial charge in [-0.15, -0.1) is 0 Å². The molecule has 0 fully saturated rings. The summed E-state index contributed by atoms with van der Waals surface area (Å²) >= 11 is 0. The number of hydrogen-bond acceptors (Lipinski definition) is 3. The Balaban J connectivity index is 2.50. The van der Waals surface area contributed by atoms with Crippen molar-refractivity contribution in [1.29, 1.82) is 0 Å². The second-order valence-electron chi connectivity index (χ2n) is 5.49. The molecule has 0 amide bonds. The lowest BCUT2D eigenvalue weighted by Crippen LogP contribution is -2.24. The second-order valence-corrected chi connectivity index (χ2v) is 5.49. The molecule has 20 heavy (non-hydrogen) atoms. The Morgan fingerprint density at radius 3 is 2.70 bits per heavy atom. The summed E-state index contributed by atoms with van der Waals surface area (Å²) in [6.45, 7) is 11.5. The standard InChI is InChI=1S/C16H24N4/c1-6-15-17-7-8-20(15)16-14(10-18-11(2)3)12(4)9-13(5)19-16/h7-9,11,18H,6,10H2,1-5H3. The first-order valence-electron chi connectivity index (χ1n) is 7.26. The van der Waals surface area contributed by atoms with Gasteiger partial charge < -0.3 is 5.32 Å². The molecule has 2 heterocycles. The number of imidazole rings is 1. The SMILES string of the molecule is CCc1nccn1-c1nc(C)cc(C)c1CNC(C)C. The molecule has 108 valence electrons. The van der Waals surface area contributed by atoms with Crippen LogP contribution in [0, 0.1) is 13.8 Å². The lowest BCUT2D eigenvalue weighted by Gasteiger charge is -2.17. The van der Waals surface area contributed by atoms with E-state index in [0.29, 0.717) is 6.04 Å². The molecule has 4 nitrogen and oxygen atoms in total. The summed E-state index contributed by atoms with van der Waals surface area (Å²) in [7, 11) is 0. The van der Waals surface area contributed by atoms with Gasteiger partial charge in [0.1, 0.15) is 11.6 Å². The molecule has 2 aromatic rings. The van der Waals surface area contributed by atoms with E-state index in [1.54, 1.807) is 0 Å². The number of nitrogens with one attached hydrogen (secondary N) is 1. The Hall–Kier alpha value is -1.68. The Morgan fingerprint density at radius 2 is 2.05 bits per heavy atom. The minimum Gasteiger partial charge on any atom is -0.310 e. The Kier molecular flexibility index (Phi) is 4.55. The molecule has 0 spiro atoms. The van der Waals surface area contributed by atoms with Crippen molar-refractivity contribution in [3.05, 3.63) is 41.1 Å². The molecule has 0 aliphatic heterocycles. The summed E-state index contributed by atoms with van der Waals surface area (Å²) in [4.78, 5) is 9.16. The number of hydrogen-bond donors (Lipinski definition) is 1. The molecule has 0 unspecified atom stereocenters. The maximum Gasteiger partial charge on any atom is 0.143 e. The van der Waals surface area contributed by atoms with Gasteiger partial charge in [-0.1, -0.05) is 20.8 Å². The number of aromatic nitrogens is 3. The van der Waals surface area contributed by atoms with Gasteiger partial charge >= 0.3 is 0 Å². The molecule has 4 heteroatoms. The zero-order chi connectivity index (χ0) is 14.7. The van der Waals surface area contributed by atoms with Crippen molar-refractivity contribution in [3.8, 4) is 5.82 Å². The average molecular weight is 272 g/mol. The van der Waals surface area contributed by atoms with Crippen LogP contribution in [-0.4, -0.2) is 20.6 Å². The van der Waals surface area contributed by atoms with Crippen LogP contribution in [0.25, 0.3) is 5.82 Å². The van der Waals surface area contributed by atoms with Crippen molar-refractivity contribution in [2.75, 3.05) is 0 Å². The molecule has 2 aromatic heterocycles. The average Bonchev–Trinajstić information content (AvgIpc) is 2.84. The zero-order valence-corrected chi connectivity index (χ0v) is 13.1. The molecular weight excluding hydrogens is 248 g/mol. The highest BCUT2D eigenvalue weighted by molar-refractivity contribution is 5.42. The van der Waals surface area contributed by atoms with E-state index in [0.717, 1.165) is 30.3 Å². The van der Waals surface area contributed by atoms with Crippen molar-refractivity contribution < 1.29 is 0 Å². The molecule has 0 radical (unpaired) electrons. The van der Waals surface area contributed by atoms with Crippen LogP contribution in [-0.2, 0) is 13.0 Å². The van der Waals surface area contributed by atoms with Crippen LogP contribution >= 0.6 is 0 Å². The monoisotopic (exact) mass is 272 g/mol. The fourth-order valence-corrected chi connectivity index (χ4v) is 2.36. The summed E-state index contributed by atoms with van der Waals surface area (Å²) in [5, 5.41) is 3.49. The summed E-state index contributed by atoms with van der Waals surface area (Å²) in [6, 6.07) is 2.60. The van der Waals surface area contributed by atoms with Crippen LogP contribution < -0.4 is 5.32 Å². The minimum absolute atomic E-state index is 0.456. The smallest absolute Gasteiger partial charge is 0.143 e. The van der Waals surface area contributed by atoms with E-state index in [2.05, 4.69) is 48.6 Å². The van der Waals surface area contributed by atoms with Crippen LogP contribution in [0.4, 0.5) is 0 Å². The van der Waals surface area contributed by atoms with Gasteiger partial charge in [0.2, 0.25) is 0 Å². The van der Waals surface area contributed by atoms with E-state index in [1.165, 1.54) is 11.1 Å². The molecule has 0 atom stereocenters. The Morgan fingerprint density at radius 1 is 1.30 bits per heavy atom. The molecule has 0 aliphatic carbocycles. The lowest BCUT2D eigenvalue weighted by molar-refractivity contribution is 0.584. The first kappa shape index (κ1) is 14.7. The van der Waals surface area contributed by atoms with Crippen molar-refractivity contribution in [2.24, 2.45) is 0 Å². The van der Waals surface area contributed by atoms with Crippen molar-refractivity contribution in [3.63, 3.8) is 0 Å². The maximum atomic E-state index is 4.75. The van der Waals surface area contributed by atoms with E-state index < -0.39 is 0 Å². The molecule has 2 rings (SSSR count). The normalized spacial score (nSPS) is 11.3. The van der Waals surface area contributed by atoms with Gasteiger partial charge in [0.25, 0.3) is 0 Å². The van der Waals surface area contributed by atoms with Crippen molar-refractivity contribution in [2.45, 2.75) is 53.6 Å². The molecule has 0 saturated heterocycles. The largest absolute Gasteiger partial charge is 0.310 e. The van der Waals surface area contributed by atoms with E-state index in [-0.39, 0.29) is 0 Å². The van der Waals surface area contributed by atoms with E-state index in [9.17, 15) is 0 Å². The van der Waals surface area contributed by atoms with E-state index >= 15 is 0 Å². The highest BCUT2D eigenvalue weighted by Gasteiger charge is 2.13. The minimum atomic E-state index is 0.456. The first-order valence-corrected chi connectivity index (χ1v) is 7.26. The maximum absolute atomic E-state index is 4.75. The predicted molar refractivity (Wildman–Crippen MR) is 82.2 cm³/mol. The van der Waals surface area contributed by atoms with Crippen LogP contribution in [0.3, 0.4) is 0 Å². The van der Waals surface area contributed by atoms with E-state index in [4.69, 9.17) is 4.98 Å². The van der Waals surface area contributed by atoms with Crippen LogP contribution in [0.2, 0.25) is 0 Å². The second kappa shape index (κ2) is 6.18.